The van der Waals surface area contributed by atoms with Crippen molar-refractivity contribution in [3.63, 3.8) is 0 Å². The third-order valence-corrected chi connectivity index (χ3v) is 9.12. The van der Waals surface area contributed by atoms with Gasteiger partial charge in [-0.2, -0.15) is 0 Å². The zero-order valence-electron chi connectivity index (χ0n) is 26.5. The second kappa shape index (κ2) is 15.3. The number of carbonyl (C=O) groups excluding carboxylic acids is 2. The zero-order valence-corrected chi connectivity index (χ0v) is 26.5. The molecule has 0 saturated carbocycles. The van der Waals surface area contributed by atoms with Gasteiger partial charge in [-0.25, -0.2) is 4.79 Å². The smallest absolute Gasteiger partial charge is 0.340 e. The van der Waals surface area contributed by atoms with Crippen molar-refractivity contribution in [2.45, 2.75) is 115 Å². The summed E-state index contributed by atoms with van der Waals surface area (Å²) in [5.74, 6) is -0.433. The van der Waals surface area contributed by atoms with E-state index in [0.717, 1.165) is 19.3 Å². The molecule has 3 aromatic rings. The van der Waals surface area contributed by atoms with Crippen LogP contribution in [0.4, 0.5) is 5.69 Å². The summed E-state index contributed by atoms with van der Waals surface area (Å²) < 4.78 is 12.3. The highest BCUT2D eigenvalue weighted by Gasteiger charge is 2.54. The van der Waals surface area contributed by atoms with Crippen LogP contribution < -0.4 is 10.1 Å². The fraction of sp³-hybridized carbons (Fsp3) is 0.474. The minimum Gasteiger partial charge on any atom is -0.508 e. The molecule has 0 aromatic heterocycles. The second-order valence-electron chi connectivity index (χ2n) is 12.5. The van der Waals surface area contributed by atoms with Crippen molar-refractivity contribution in [3.05, 3.63) is 76.9 Å². The Hall–Kier alpha value is -4.00. The van der Waals surface area contributed by atoms with Gasteiger partial charge in [0.1, 0.15) is 22.9 Å². The number of aromatic hydroxyl groups is 2. The summed E-state index contributed by atoms with van der Waals surface area (Å²) in [6, 6.07) is 14.9. The van der Waals surface area contributed by atoms with E-state index in [9.17, 15) is 19.8 Å². The monoisotopic (exact) mass is 613 g/mol. The highest BCUT2D eigenvalue weighted by molar-refractivity contribution is 5.99. The van der Waals surface area contributed by atoms with Crippen LogP contribution in [-0.4, -0.2) is 22.1 Å². The lowest BCUT2D eigenvalue weighted by atomic mass is 9.77. The van der Waals surface area contributed by atoms with Gasteiger partial charge in [0.05, 0.1) is 11.1 Å². The summed E-state index contributed by atoms with van der Waals surface area (Å²) in [5.41, 5.74) is 0.854. The first-order valence-corrected chi connectivity index (χ1v) is 17.0. The van der Waals surface area contributed by atoms with Gasteiger partial charge in [-0.15, -0.1) is 0 Å². The fourth-order valence-corrected chi connectivity index (χ4v) is 6.69. The SMILES string of the molecule is CCCCCCCCCCCCCCCCCC(=O)Nc1c(O)ccc2c1Oc1cc(O)ccc1C21OC(=O)c2ccccc21. The van der Waals surface area contributed by atoms with Gasteiger partial charge in [-0.05, 0) is 36.8 Å². The number of rotatable bonds is 17. The van der Waals surface area contributed by atoms with E-state index in [1.165, 1.54) is 95.2 Å². The summed E-state index contributed by atoms with van der Waals surface area (Å²) >= 11 is 0. The number of phenols is 2. The van der Waals surface area contributed by atoms with Crippen molar-refractivity contribution in [1.82, 2.24) is 0 Å². The topological polar surface area (TPSA) is 105 Å². The Labute approximate surface area is 267 Å². The molecule has 5 rings (SSSR count). The highest BCUT2D eigenvalue weighted by atomic mass is 16.6. The second-order valence-corrected chi connectivity index (χ2v) is 12.5. The zero-order chi connectivity index (χ0) is 31.6. The van der Waals surface area contributed by atoms with E-state index in [4.69, 9.17) is 9.47 Å². The van der Waals surface area contributed by atoms with Crippen molar-refractivity contribution < 1.29 is 29.3 Å². The van der Waals surface area contributed by atoms with Crippen LogP contribution in [0.15, 0.2) is 54.6 Å². The van der Waals surface area contributed by atoms with Crippen molar-refractivity contribution in [3.8, 4) is 23.0 Å². The summed E-state index contributed by atoms with van der Waals surface area (Å²) in [5, 5.41) is 23.9. The Balaban J connectivity index is 1.15. The summed E-state index contributed by atoms with van der Waals surface area (Å²) in [4.78, 5) is 26.1. The first-order chi connectivity index (χ1) is 22.0. The fourth-order valence-electron chi connectivity index (χ4n) is 6.69. The molecule has 1 unspecified atom stereocenters. The van der Waals surface area contributed by atoms with E-state index < -0.39 is 11.6 Å². The number of phenolic OH excluding ortho intramolecular Hbond substituents is 2. The standard InChI is InChI=1S/C38H47NO6/c1-2-3-4-5-6-7-8-9-10-11-12-13-14-15-16-21-34(42)39-35-32(41)25-24-31-36(35)44-33-26-27(40)22-23-30(33)38(31)29-20-18-17-19-28(29)37(43)45-38/h17-20,22-26,40-41H,2-16,21H2,1H3,(H,39,42). The maximum Gasteiger partial charge on any atom is 0.340 e. The molecule has 1 atom stereocenters. The molecule has 0 bridgehead atoms. The van der Waals surface area contributed by atoms with Gasteiger partial charge in [0.2, 0.25) is 5.91 Å². The first kappa shape index (κ1) is 32.4. The number of esters is 1. The Kier molecular flexibility index (Phi) is 11.0. The van der Waals surface area contributed by atoms with Crippen LogP contribution in [0, 0.1) is 0 Å². The largest absolute Gasteiger partial charge is 0.508 e. The molecule has 0 aliphatic carbocycles. The van der Waals surface area contributed by atoms with E-state index in [1.54, 1.807) is 24.3 Å². The number of benzene rings is 3. The summed E-state index contributed by atoms with van der Waals surface area (Å²) in [6.07, 6.45) is 19.1. The molecular formula is C38H47NO6. The lowest BCUT2D eigenvalue weighted by Gasteiger charge is -2.37. The Morgan fingerprint density at radius 1 is 0.733 bits per heavy atom. The molecule has 2 heterocycles. The number of anilines is 1. The van der Waals surface area contributed by atoms with Crippen LogP contribution in [0.5, 0.6) is 23.0 Å². The number of hydrogen-bond acceptors (Lipinski definition) is 6. The molecule has 7 heteroatoms. The van der Waals surface area contributed by atoms with Crippen molar-refractivity contribution in [1.29, 1.82) is 0 Å². The molecule has 3 aromatic carbocycles. The number of ether oxygens (including phenoxy) is 2. The van der Waals surface area contributed by atoms with Gasteiger partial charge in [-0.1, -0.05) is 115 Å². The van der Waals surface area contributed by atoms with Crippen LogP contribution in [0.3, 0.4) is 0 Å². The average molecular weight is 614 g/mol. The number of nitrogens with one attached hydrogen (secondary N) is 1. The maximum absolute atomic E-state index is 13.0. The number of fused-ring (bicyclic) bond motifs is 6. The van der Waals surface area contributed by atoms with E-state index in [2.05, 4.69) is 12.2 Å². The average Bonchev–Trinajstić information content (AvgIpc) is 3.32. The molecule has 2 aliphatic rings. The number of amides is 1. The number of unbranched alkanes of at least 4 members (excludes halogenated alkanes) is 14. The molecule has 7 nitrogen and oxygen atoms in total. The Morgan fingerprint density at radius 2 is 1.33 bits per heavy atom. The van der Waals surface area contributed by atoms with Crippen LogP contribution in [0.2, 0.25) is 0 Å². The molecule has 1 amide bonds. The predicted octanol–water partition coefficient (Wildman–Crippen LogP) is 9.87. The van der Waals surface area contributed by atoms with Gasteiger partial charge in [-0.3, -0.25) is 4.79 Å². The minimum atomic E-state index is -1.36. The molecular weight excluding hydrogens is 566 g/mol. The molecule has 240 valence electrons. The van der Waals surface area contributed by atoms with Gasteiger partial charge in [0, 0.05) is 23.6 Å². The molecule has 0 fully saturated rings. The van der Waals surface area contributed by atoms with Crippen LogP contribution in [0.1, 0.15) is 137 Å². The van der Waals surface area contributed by atoms with E-state index in [-0.39, 0.29) is 34.6 Å². The lowest BCUT2D eigenvalue weighted by molar-refractivity contribution is -0.116. The molecule has 2 aliphatic heterocycles. The lowest BCUT2D eigenvalue weighted by Crippen LogP contribution is -2.33. The third-order valence-electron chi connectivity index (χ3n) is 9.12. The van der Waals surface area contributed by atoms with Gasteiger partial charge in [0.25, 0.3) is 0 Å². The van der Waals surface area contributed by atoms with Gasteiger partial charge in [0.15, 0.2) is 11.4 Å². The molecule has 3 N–H and O–H groups in total. The number of carbonyl (C=O) groups is 2. The normalized spacial score (nSPS) is 16.1. The molecule has 0 saturated heterocycles. The predicted molar refractivity (Wildman–Crippen MR) is 176 cm³/mol. The molecule has 1 spiro atoms. The van der Waals surface area contributed by atoms with E-state index in [0.29, 0.717) is 28.7 Å². The summed E-state index contributed by atoms with van der Waals surface area (Å²) in [6.45, 7) is 2.26. The van der Waals surface area contributed by atoms with E-state index >= 15 is 0 Å². The van der Waals surface area contributed by atoms with Gasteiger partial charge >= 0.3 is 5.97 Å². The Bertz CT molecular complexity index is 1480. The Morgan fingerprint density at radius 3 is 2.00 bits per heavy atom. The van der Waals surface area contributed by atoms with E-state index in [1.807, 2.05) is 12.1 Å². The van der Waals surface area contributed by atoms with Crippen molar-refractivity contribution in [2.75, 3.05) is 5.32 Å². The third kappa shape index (κ3) is 7.29. The van der Waals surface area contributed by atoms with Crippen LogP contribution in [0.25, 0.3) is 0 Å². The first-order valence-electron chi connectivity index (χ1n) is 17.0. The minimum absolute atomic E-state index is 0.0242. The maximum atomic E-state index is 13.0. The molecule has 45 heavy (non-hydrogen) atoms. The highest BCUT2D eigenvalue weighted by Crippen LogP contribution is 2.59. The van der Waals surface area contributed by atoms with Crippen molar-refractivity contribution in [2.24, 2.45) is 0 Å². The number of hydrogen-bond donors (Lipinski definition) is 3. The van der Waals surface area contributed by atoms with Crippen LogP contribution >= 0.6 is 0 Å². The quantitative estimate of drug-likeness (QED) is 0.0795. The van der Waals surface area contributed by atoms with Crippen LogP contribution in [-0.2, 0) is 15.1 Å². The van der Waals surface area contributed by atoms with Gasteiger partial charge < -0.3 is 25.0 Å². The molecule has 0 radical (unpaired) electrons. The van der Waals surface area contributed by atoms with Crippen molar-refractivity contribution >= 4 is 17.6 Å². The summed E-state index contributed by atoms with van der Waals surface area (Å²) in [7, 11) is 0.